The molecule has 22 heavy (non-hydrogen) atoms. The molecule has 0 aromatic heterocycles. The predicted octanol–water partition coefficient (Wildman–Crippen LogP) is 5.20. The number of ether oxygens (including phenoxy) is 1. The van der Waals surface area contributed by atoms with Crippen molar-refractivity contribution in [3.8, 4) is 5.75 Å². The zero-order valence-electron chi connectivity index (χ0n) is 12.0. The Hall–Kier alpha value is -1.97. The van der Waals surface area contributed by atoms with Crippen LogP contribution in [-0.2, 0) is 0 Å². The first kappa shape index (κ1) is 16.4. The molecule has 0 amide bonds. The Labute approximate surface area is 139 Å². The molecule has 0 heterocycles. The number of hydrogen-bond acceptors (Lipinski definition) is 3. The van der Waals surface area contributed by atoms with Gasteiger partial charge in [0.25, 0.3) is 0 Å². The lowest BCUT2D eigenvalue weighted by atomic mass is 10.1. The summed E-state index contributed by atoms with van der Waals surface area (Å²) in [5, 5.41) is 3.85. The highest BCUT2D eigenvalue weighted by Crippen LogP contribution is 2.22. The summed E-state index contributed by atoms with van der Waals surface area (Å²) < 4.78 is 5.41. The molecular weight excluding hydrogens is 321 g/mol. The summed E-state index contributed by atoms with van der Waals surface area (Å²) in [6.45, 7) is 2.53. The molecule has 3 nitrogen and oxygen atoms in total. The molecule has 0 aliphatic heterocycles. The summed E-state index contributed by atoms with van der Waals surface area (Å²) in [5.74, 6) is 0.572. The van der Waals surface area contributed by atoms with Crippen LogP contribution in [0.5, 0.6) is 5.75 Å². The van der Waals surface area contributed by atoms with Crippen LogP contribution in [0.25, 0.3) is 0 Å². The van der Waals surface area contributed by atoms with Crippen LogP contribution < -0.4 is 10.1 Å². The fraction of sp³-hybridized carbons (Fsp3) is 0.118. The van der Waals surface area contributed by atoms with E-state index in [4.69, 9.17) is 27.9 Å². The Kier molecular flexibility index (Phi) is 5.87. The van der Waals surface area contributed by atoms with Gasteiger partial charge in [-0.25, -0.2) is 0 Å². The molecule has 5 heteroatoms. The van der Waals surface area contributed by atoms with Crippen molar-refractivity contribution in [1.29, 1.82) is 0 Å². The molecule has 2 aromatic carbocycles. The number of carbonyl (C=O) groups is 1. The number of hydrogen-bond donors (Lipinski definition) is 1. The van der Waals surface area contributed by atoms with Gasteiger partial charge in [0.15, 0.2) is 5.78 Å². The van der Waals surface area contributed by atoms with Crippen molar-refractivity contribution in [3.05, 3.63) is 70.3 Å². The van der Waals surface area contributed by atoms with E-state index in [1.807, 2.05) is 31.2 Å². The third-order valence-electron chi connectivity index (χ3n) is 2.83. The zero-order chi connectivity index (χ0) is 15.9. The highest BCUT2D eigenvalue weighted by molar-refractivity contribution is 6.37. The van der Waals surface area contributed by atoms with Gasteiger partial charge in [-0.05, 0) is 37.3 Å². The molecule has 0 unspecified atom stereocenters. The molecule has 0 radical (unpaired) electrons. The van der Waals surface area contributed by atoms with Gasteiger partial charge < -0.3 is 10.1 Å². The highest BCUT2D eigenvalue weighted by atomic mass is 35.5. The van der Waals surface area contributed by atoms with Crippen LogP contribution in [0.4, 0.5) is 5.69 Å². The van der Waals surface area contributed by atoms with Crippen molar-refractivity contribution in [2.24, 2.45) is 0 Å². The fourth-order valence-electron chi connectivity index (χ4n) is 1.83. The van der Waals surface area contributed by atoms with Gasteiger partial charge >= 0.3 is 0 Å². The monoisotopic (exact) mass is 335 g/mol. The van der Waals surface area contributed by atoms with Gasteiger partial charge in [-0.3, -0.25) is 4.79 Å². The Morgan fingerprint density at radius 2 is 2.05 bits per heavy atom. The van der Waals surface area contributed by atoms with Crippen LogP contribution >= 0.6 is 23.2 Å². The average molecular weight is 336 g/mol. The second kappa shape index (κ2) is 7.87. The van der Waals surface area contributed by atoms with Crippen molar-refractivity contribution in [1.82, 2.24) is 0 Å². The highest BCUT2D eigenvalue weighted by Gasteiger charge is 2.07. The molecule has 0 spiro atoms. The standard InChI is InChI=1S/C17H15Cl2NO2/c1-2-22-14-5-3-4-13(11-14)20-9-8-17(21)15-7-6-12(18)10-16(15)19/h3-11,20H,2H2,1H3/b9-8+. The lowest BCUT2D eigenvalue weighted by molar-refractivity contribution is 0.104. The van der Waals surface area contributed by atoms with Crippen LogP contribution in [0.15, 0.2) is 54.7 Å². The average Bonchev–Trinajstić information content (AvgIpc) is 2.48. The molecule has 0 saturated carbocycles. The number of ketones is 1. The van der Waals surface area contributed by atoms with E-state index in [0.717, 1.165) is 11.4 Å². The summed E-state index contributed by atoms with van der Waals surface area (Å²) in [4.78, 5) is 12.1. The zero-order valence-corrected chi connectivity index (χ0v) is 13.5. The minimum atomic E-state index is -0.199. The summed E-state index contributed by atoms with van der Waals surface area (Å²) in [6.07, 6.45) is 2.99. The molecule has 114 valence electrons. The molecule has 0 aliphatic rings. The number of nitrogens with one attached hydrogen (secondary N) is 1. The van der Waals surface area contributed by atoms with Crippen LogP contribution in [0.3, 0.4) is 0 Å². The van der Waals surface area contributed by atoms with Crippen molar-refractivity contribution in [3.63, 3.8) is 0 Å². The van der Waals surface area contributed by atoms with Gasteiger partial charge in [-0.2, -0.15) is 0 Å². The number of halogens is 2. The topological polar surface area (TPSA) is 38.3 Å². The second-order valence-electron chi connectivity index (χ2n) is 4.43. The van der Waals surface area contributed by atoms with Gasteiger partial charge in [0.2, 0.25) is 0 Å². The number of allylic oxidation sites excluding steroid dienone is 1. The molecule has 0 saturated heterocycles. The summed E-state index contributed by atoms with van der Waals surface area (Å²) in [5.41, 5.74) is 1.24. The number of benzene rings is 2. The van der Waals surface area contributed by atoms with Gasteiger partial charge in [0, 0.05) is 34.6 Å². The van der Waals surface area contributed by atoms with E-state index >= 15 is 0 Å². The maximum atomic E-state index is 12.1. The third kappa shape index (κ3) is 4.52. The lowest BCUT2D eigenvalue weighted by Gasteiger charge is -2.05. The summed E-state index contributed by atoms with van der Waals surface area (Å²) in [6, 6.07) is 12.3. The first-order valence-electron chi connectivity index (χ1n) is 6.75. The molecule has 0 fully saturated rings. The lowest BCUT2D eigenvalue weighted by Crippen LogP contribution is -1.98. The summed E-state index contributed by atoms with van der Waals surface area (Å²) in [7, 11) is 0. The quantitative estimate of drug-likeness (QED) is 0.582. The van der Waals surface area contributed by atoms with E-state index in [9.17, 15) is 4.79 Å². The molecule has 1 N–H and O–H groups in total. The van der Waals surface area contributed by atoms with Crippen molar-refractivity contribution < 1.29 is 9.53 Å². The molecule has 2 aromatic rings. The largest absolute Gasteiger partial charge is 0.494 e. The maximum Gasteiger partial charge on any atom is 0.188 e. The first-order valence-corrected chi connectivity index (χ1v) is 7.51. The van der Waals surface area contributed by atoms with Crippen LogP contribution in [0.1, 0.15) is 17.3 Å². The van der Waals surface area contributed by atoms with Crippen LogP contribution in [0, 0.1) is 0 Å². The minimum Gasteiger partial charge on any atom is -0.494 e. The van der Waals surface area contributed by atoms with Gasteiger partial charge in [0.05, 0.1) is 11.6 Å². The number of carbonyl (C=O) groups excluding carboxylic acids is 1. The van der Waals surface area contributed by atoms with Gasteiger partial charge in [0.1, 0.15) is 5.75 Å². The van der Waals surface area contributed by atoms with Crippen molar-refractivity contribution in [2.75, 3.05) is 11.9 Å². The van der Waals surface area contributed by atoms with Gasteiger partial charge in [-0.15, -0.1) is 0 Å². The minimum absolute atomic E-state index is 0.199. The molecule has 0 aliphatic carbocycles. The van der Waals surface area contributed by atoms with E-state index in [1.165, 1.54) is 6.08 Å². The number of rotatable bonds is 6. The fourth-order valence-corrected chi connectivity index (χ4v) is 2.34. The molecule has 2 rings (SSSR count). The SMILES string of the molecule is CCOc1cccc(N/C=C/C(=O)c2ccc(Cl)cc2Cl)c1. The third-order valence-corrected chi connectivity index (χ3v) is 3.37. The smallest absolute Gasteiger partial charge is 0.188 e. The molecule has 0 atom stereocenters. The Bertz CT molecular complexity index is 699. The van der Waals surface area contributed by atoms with Crippen molar-refractivity contribution >= 4 is 34.7 Å². The van der Waals surface area contributed by atoms with Crippen molar-refractivity contribution in [2.45, 2.75) is 6.92 Å². The van der Waals surface area contributed by atoms with E-state index in [0.29, 0.717) is 22.2 Å². The summed E-state index contributed by atoms with van der Waals surface area (Å²) >= 11 is 11.8. The number of anilines is 1. The van der Waals surface area contributed by atoms with E-state index in [-0.39, 0.29) is 5.78 Å². The van der Waals surface area contributed by atoms with Gasteiger partial charge in [-0.1, -0.05) is 29.3 Å². The van der Waals surface area contributed by atoms with E-state index < -0.39 is 0 Å². The Morgan fingerprint density at radius 3 is 2.77 bits per heavy atom. The first-order chi connectivity index (χ1) is 10.6. The Balaban J connectivity index is 2.02. The molecule has 0 bridgehead atoms. The molecular formula is C17H15Cl2NO2. The maximum absolute atomic E-state index is 12.1. The Morgan fingerprint density at radius 1 is 1.23 bits per heavy atom. The van der Waals surface area contributed by atoms with E-state index in [2.05, 4.69) is 5.32 Å². The van der Waals surface area contributed by atoms with Crippen LogP contribution in [-0.4, -0.2) is 12.4 Å². The predicted molar refractivity (Wildman–Crippen MR) is 91.2 cm³/mol. The normalized spacial score (nSPS) is 10.7. The van der Waals surface area contributed by atoms with E-state index in [1.54, 1.807) is 24.4 Å². The second-order valence-corrected chi connectivity index (χ2v) is 5.27. The van der Waals surface area contributed by atoms with Crippen LogP contribution in [0.2, 0.25) is 10.0 Å².